The zero-order valence-corrected chi connectivity index (χ0v) is 9.23. The Labute approximate surface area is 91.6 Å². The van der Waals surface area contributed by atoms with Gasteiger partial charge in [-0.05, 0) is 37.0 Å². The van der Waals surface area contributed by atoms with Crippen molar-refractivity contribution in [3.63, 3.8) is 0 Å². The summed E-state index contributed by atoms with van der Waals surface area (Å²) < 4.78 is 0. The van der Waals surface area contributed by atoms with Gasteiger partial charge in [-0.15, -0.1) is 0 Å². The van der Waals surface area contributed by atoms with Crippen LogP contribution in [-0.2, 0) is 4.79 Å². The number of carbonyl (C=O) groups is 1. The van der Waals surface area contributed by atoms with E-state index < -0.39 is 0 Å². The van der Waals surface area contributed by atoms with Gasteiger partial charge in [0.2, 0.25) is 0 Å². The van der Waals surface area contributed by atoms with Gasteiger partial charge in [0.15, 0.2) is 0 Å². The summed E-state index contributed by atoms with van der Waals surface area (Å²) in [5.74, 6) is 2.07. The van der Waals surface area contributed by atoms with Crippen molar-refractivity contribution in [1.82, 2.24) is 0 Å². The molecule has 3 atom stereocenters. The van der Waals surface area contributed by atoms with Gasteiger partial charge in [0.25, 0.3) is 0 Å². The van der Waals surface area contributed by atoms with Crippen LogP contribution in [0.4, 0.5) is 0 Å². The molecule has 0 aliphatic heterocycles. The lowest BCUT2D eigenvalue weighted by atomic mass is 9.91. The Kier molecular flexibility index (Phi) is 3.20. The van der Waals surface area contributed by atoms with Gasteiger partial charge >= 0.3 is 0 Å². The van der Waals surface area contributed by atoms with E-state index in [1.165, 1.54) is 12.8 Å². The maximum atomic E-state index is 10.9. The molecule has 2 rings (SSSR count). The van der Waals surface area contributed by atoms with E-state index in [0.717, 1.165) is 24.2 Å². The number of rotatable bonds is 4. The van der Waals surface area contributed by atoms with Crippen LogP contribution in [0.3, 0.4) is 0 Å². The molecule has 0 amide bonds. The third kappa shape index (κ3) is 2.28. The van der Waals surface area contributed by atoms with Crippen molar-refractivity contribution in [2.45, 2.75) is 26.2 Å². The first kappa shape index (κ1) is 10.4. The van der Waals surface area contributed by atoms with Gasteiger partial charge in [-0.1, -0.05) is 37.3 Å². The minimum Gasteiger partial charge on any atom is -0.298 e. The van der Waals surface area contributed by atoms with E-state index in [-0.39, 0.29) is 0 Å². The van der Waals surface area contributed by atoms with Crippen molar-refractivity contribution in [2.24, 2.45) is 17.8 Å². The second-order valence-corrected chi connectivity index (χ2v) is 4.54. The number of carbonyl (C=O) groups excluding carboxylic acids is 1. The van der Waals surface area contributed by atoms with Gasteiger partial charge in [0.05, 0.1) is 0 Å². The standard InChI is InChI=1S/C14H18O/c1-2-3-4-12(10-15)9-14-8-11-5-6-13(14)7-11/h3-6,9-11,13-14H,2,7-8H2,1H3/b4-3+,12-9+. The van der Waals surface area contributed by atoms with Crippen molar-refractivity contribution in [1.29, 1.82) is 0 Å². The molecule has 3 unspecified atom stereocenters. The molecule has 0 heterocycles. The number of hydrogen-bond donors (Lipinski definition) is 0. The molecule has 2 aliphatic carbocycles. The molecule has 1 nitrogen and oxygen atoms in total. The SMILES string of the molecule is CC/C=C/C(C=O)=C\C1CC2C=CC1C2. The Bertz CT molecular complexity index is 322. The highest BCUT2D eigenvalue weighted by molar-refractivity contribution is 5.77. The van der Waals surface area contributed by atoms with Crippen molar-refractivity contribution in [2.75, 3.05) is 0 Å². The topological polar surface area (TPSA) is 17.1 Å². The van der Waals surface area contributed by atoms with Crippen LogP contribution in [0.5, 0.6) is 0 Å². The number of fused-ring (bicyclic) bond motifs is 2. The average molecular weight is 202 g/mol. The van der Waals surface area contributed by atoms with E-state index in [2.05, 4.69) is 25.2 Å². The van der Waals surface area contributed by atoms with E-state index >= 15 is 0 Å². The summed E-state index contributed by atoms with van der Waals surface area (Å²) >= 11 is 0. The Morgan fingerprint density at radius 2 is 2.27 bits per heavy atom. The molecule has 1 saturated carbocycles. The molecule has 2 bridgehead atoms. The average Bonchev–Trinajstić information content (AvgIpc) is 2.85. The maximum Gasteiger partial charge on any atom is 0.149 e. The van der Waals surface area contributed by atoms with Crippen LogP contribution >= 0.6 is 0 Å². The molecule has 1 heteroatoms. The van der Waals surface area contributed by atoms with E-state index in [1.54, 1.807) is 0 Å². The van der Waals surface area contributed by atoms with Crippen molar-refractivity contribution in [3.05, 3.63) is 36.0 Å². The Morgan fingerprint density at radius 3 is 2.80 bits per heavy atom. The first-order valence-corrected chi connectivity index (χ1v) is 5.85. The second kappa shape index (κ2) is 4.61. The van der Waals surface area contributed by atoms with Crippen molar-refractivity contribution < 1.29 is 4.79 Å². The number of aldehydes is 1. The molecule has 15 heavy (non-hydrogen) atoms. The van der Waals surface area contributed by atoms with Crippen LogP contribution in [0, 0.1) is 17.8 Å². The lowest BCUT2D eigenvalue weighted by Crippen LogP contribution is -2.04. The van der Waals surface area contributed by atoms with Gasteiger partial charge in [0.1, 0.15) is 6.29 Å². The van der Waals surface area contributed by atoms with Crippen LogP contribution in [0.15, 0.2) is 36.0 Å². The van der Waals surface area contributed by atoms with Crippen LogP contribution < -0.4 is 0 Å². The molecule has 0 N–H and O–H groups in total. The summed E-state index contributed by atoms with van der Waals surface area (Å²) in [7, 11) is 0. The van der Waals surface area contributed by atoms with Crippen LogP contribution in [0.1, 0.15) is 26.2 Å². The van der Waals surface area contributed by atoms with Crippen molar-refractivity contribution >= 4 is 6.29 Å². The lowest BCUT2D eigenvalue weighted by molar-refractivity contribution is -0.104. The molecular weight excluding hydrogens is 184 g/mol. The van der Waals surface area contributed by atoms with Crippen LogP contribution in [0.25, 0.3) is 0 Å². The molecule has 0 radical (unpaired) electrons. The fourth-order valence-corrected chi connectivity index (χ4v) is 2.65. The van der Waals surface area contributed by atoms with Gasteiger partial charge in [-0.2, -0.15) is 0 Å². The molecular formula is C14H18O. The van der Waals surface area contributed by atoms with Gasteiger partial charge < -0.3 is 0 Å². The Morgan fingerprint density at radius 1 is 1.40 bits per heavy atom. The first-order chi connectivity index (χ1) is 7.33. The maximum absolute atomic E-state index is 10.9. The summed E-state index contributed by atoms with van der Waals surface area (Å²) in [6, 6.07) is 0. The van der Waals surface area contributed by atoms with Gasteiger partial charge in [-0.25, -0.2) is 0 Å². The Balaban J connectivity index is 2.05. The monoisotopic (exact) mass is 202 g/mol. The summed E-state index contributed by atoms with van der Waals surface area (Å²) in [5.41, 5.74) is 0.850. The third-order valence-corrected chi connectivity index (χ3v) is 3.42. The zero-order chi connectivity index (χ0) is 10.7. The molecule has 80 valence electrons. The molecule has 0 aromatic heterocycles. The van der Waals surface area contributed by atoms with Gasteiger partial charge in [-0.3, -0.25) is 4.79 Å². The molecule has 2 aliphatic rings. The highest BCUT2D eigenvalue weighted by Gasteiger charge is 2.34. The molecule has 0 spiro atoms. The molecule has 0 aromatic carbocycles. The summed E-state index contributed by atoms with van der Waals surface area (Å²) in [5, 5.41) is 0. The summed E-state index contributed by atoms with van der Waals surface area (Å²) in [6.45, 7) is 2.08. The number of hydrogen-bond acceptors (Lipinski definition) is 1. The highest BCUT2D eigenvalue weighted by atomic mass is 16.1. The molecule has 1 fully saturated rings. The number of allylic oxidation sites excluding steroid dienone is 6. The molecule has 0 aromatic rings. The van der Waals surface area contributed by atoms with Crippen molar-refractivity contribution in [3.8, 4) is 0 Å². The molecule has 0 saturated heterocycles. The first-order valence-electron chi connectivity index (χ1n) is 5.85. The fraction of sp³-hybridized carbons (Fsp3) is 0.500. The normalized spacial score (nSPS) is 34.2. The highest BCUT2D eigenvalue weighted by Crippen LogP contribution is 2.44. The summed E-state index contributed by atoms with van der Waals surface area (Å²) in [4.78, 5) is 10.9. The second-order valence-electron chi connectivity index (χ2n) is 4.54. The fourth-order valence-electron chi connectivity index (χ4n) is 2.65. The van der Waals surface area contributed by atoms with E-state index in [0.29, 0.717) is 11.8 Å². The Hall–Kier alpha value is -1.11. The zero-order valence-electron chi connectivity index (χ0n) is 9.23. The smallest absolute Gasteiger partial charge is 0.149 e. The summed E-state index contributed by atoms with van der Waals surface area (Å²) in [6.07, 6.45) is 15.3. The lowest BCUT2D eigenvalue weighted by Gasteiger charge is -2.13. The largest absolute Gasteiger partial charge is 0.298 e. The van der Waals surface area contributed by atoms with E-state index in [4.69, 9.17) is 0 Å². The minimum atomic E-state index is 0.599. The van der Waals surface area contributed by atoms with E-state index in [1.807, 2.05) is 12.2 Å². The van der Waals surface area contributed by atoms with E-state index in [9.17, 15) is 4.79 Å². The van der Waals surface area contributed by atoms with Crippen LogP contribution in [-0.4, -0.2) is 6.29 Å². The predicted molar refractivity (Wildman–Crippen MR) is 62.4 cm³/mol. The van der Waals surface area contributed by atoms with Gasteiger partial charge in [0, 0.05) is 5.57 Å². The predicted octanol–water partition coefficient (Wildman–Crippen LogP) is 3.29. The quantitative estimate of drug-likeness (QED) is 0.296. The third-order valence-electron chi connectivity index (χ3n) is 3.42. The minimum absolute atomic E-state index is 0.599. The van der Waals surface area contributed by atoms with Crippen LogP contribution in [0.2, 0.25) is 0 Å².